The number of phenolic OH excluding ortho intramolecular Hbond substituents is 1. The van der Waals surface area contributed by atoms with E-state index in [1.165, 1.54) is 35.4 Å². The van der Waals surface area contributed by atoms with Crippen LogP contribution in [-0.2, 0) is 16.6 Å². The van der Waals surface area contributed by atoms with E-state index in [2.05, 4.69) is 56.4 Å². The number of benzene rings is 3. The van der Waals surface area contributed by atoms with E-state index in [1.54, 1.807) is 16.9 Å². The number of hydrogen-bond donors (Lipinski definition) is 4. The number of carbonyl (C=O) groups excluding carboxylic acids is 2. The van der Waals surface area contributed by atoms with Crippen molar-refractivity contribution >= 4 is 45.1 Å². The number of β-amino-alcohol motifs (C(OH)–C–C–N with tert-alkyl or cyclic N) is 1. The van der Waals surface area contributed by atoms with Crippen molar-refractivity contribution in [2.45, 2.75) is 94.7 Å². The van der Waals surface area contributed by atoms with Crippen molar-refractivity contribution in [3.63, 3.8) is 0 Å². The van der Waals surface area contributed by atoms with Crippen molar-refractivity contribution in [3.8, 4) is 46.6 Å². The number of hydrogen-bond acceptors (Lipinski definition) is 16. The normalized spacial score (nSPS) is 21.8. The van der Waals surface area contributed by atoms with Crippen LogP contribution in [0.5, 0.6) is 11.8 Å². The Kier molecular flexibility index (Phi) is 15.7. The second-order valence-electron chi connectivity index (χ2n) is 23.7. The molecule has 9 heterocycles. The van der Waals surface area contributed by atoms with Gasteiger partial charge in [-0.15, -0.1) is 6.42 Å². The first-order valence-corrected chi connectivity index (χ1v) is 29.1. The summed E-state index contributed by atoms with van der Waals surface area (Å²) in [4.78, 5) is 52.2. The zero-order valence-electron chi connectivity index (χ0n) is 47.6. The number of aliphatic hydroxyl groups is 1. The molecule has 5 fully saturated rings. The Bertz CT molecular complexity index is 3620. The number of rotatable bonds is 16. The van der Waals surface area contributed by atoms with Crippen LogP contribution >= 0.6 is 0 Å². The van der Waals surface area contributed by atoms with Crippen LogP contribution in [0.1, 0.15) is 81.7 Å². The Balaban J connectivity index is 0.647. The number of aromatic nitrogens is 6. The molecule has 2 amide bonds. The molecule has 7 aromatic rings. The molecular formula is C62H70F3N13O6. The lowest BCUT2D eigenvalue weighted by Crippen LogP contribution is -2.53. The second kappa shape index (κ2) is 23.3. The average molecular weight is 1150 g/mol. The maximum absolute atomic E-state index is 17.1. The minimum Gasteiger partial charge on any atom is -0.508 e. The van der Waals surface area contributed by atoms with Crippen molar-refractivity contribution < 1.29 is 42.2 Å². The predicted octanol–water partition coefficient (Wildman–Crippen LogP) is 6.72. The minimum absolute atomic E-state index is 0.0218. The number of ether oxygens (including phenoxy) is 1. The molecule has 4 aromatic heterocycles. The Morgan fingerprint density at radius 3 is 2.39 bits per heavy atom. The third-order valence-electron chi connectivity index (χ3n) is 17.7. The number of aryl methyl sites for hydroxylation is 1. The molecule has 3 aromatic carbocycles. The Labute approximate surface area is 485 Å². The zero-order valence-corrected chi connectivity index (χ0v) is 47.6. The zero-order chi connectivity index (χ0) is 58.6. The molecular weight excluding hydrogens is 1080 g/mol. The summed E-state index contributed by atoms with van der Waals surface area (Å²) in [6, 6.07) is 16.3. The van der Waals surface area contributed by atoms with Gasteiger partial charge in [0.1, 0.15) is 52.8 Å². The number of terminal acetylenes is 1. The molecule has 2 unspecified atom stereocenters. The van der Waals surface area contributed by atoms with Gasteiger partial charge in [0.05, 0.1) is 28.8 Å². The van der Waals surface area contributed by atoms with Crippen molar-refractivity contribution in [1.29, 1.82) is 0 Å². The largest absolute Gasteiger partial charge is 0.508 e. The van der Waals surface area contributed by atoms with E-state index in [9.17, 15) is 19.8 Å². The molecule has 5 aliphatic rings. The SMILES string of the molecule is C#Cc1c(F)ccc2cc(O)cc(-c3ncc4c(N5CC6CCC(C5)N6)nc(OCCN5CCC(F)(CN6CCN(c7cc([C@@H](C(=O)N8C[C@H](O)C[C@H]8C(=O)N[C@@H](C)c8ccc(-c9ccnn9C)cc8)C(C)C)on7)CC6)CC5)nc4c3F)c12. The Hall–Kier alpha value is -7.84. The van der Waals surface area contributed by atoms with Crippen LogP contribution in [0, 0.1) is 29.9 Å². The minimum atomic E-state index is -1.40. The standard InChI is InChI=1S/C62H70F3N13O6/c1-6-45-48(63)14-11-40-27-43(79)28-46(54(40)45)56-55(64)57-47(31-66-56)58(77-32-41-12-13-42(33-77)69-41)71-61(70-57)83-26-25-74-19-16-62(65,17-20-74)35-75-21-23-76(24-22-75)52-30-51(84-72-52)53(36(2)3)60(82)78-34-44(80)29-50(78)59(81)68-37(4)38-7-9-39(10-8-38)49-15-18-67-73(49)5/h1,7-11,14-15,18,27-28,30-31,36-37,41-42,44,50,53,69,79-80H,12-13,16-17,19-26,29,32-35H2,2-5H3,(H,68,81)/t37-,41?,42?,44+,50-,53-/m0/s1. The number of anilines is 2. The highest BCUT2D eigenvalue weighted by atomic mass is 19.1. The Morgan fingerprint density at radius 1 is 0.940 bits per heavy atom. The summed E-state index contributed by atoms with van der Waals surface area (Å²) in [5.41, 5.74) is 1.31. The molecule has 5 aliphatic heterocycles. The monoisotopic (exact) mass is 1150 g/mol. The summed E-state index contributed by atoms with van der Waals surface area (Å²) in [6.07, 6.45) is 11.0. The van der Waals surface area contributed by atoms with Crippen LogP contribution in [0.2, 0.25) is 0 Å². The number of piperazine rings is 2. The van der Waals surface area contributed by atoms with Crippen molar-refractivity contribution in [2.75, 3.05) is 88.4 Å². The summed E-state index contributed by atoms with van der Waals surface area (Å²) in [6.45, 7) is 11.3. The van der Waals surface area contributed by atoms with Gasteiger partial charge in [0.15, 0.2) is 17.4 Å². The van der Waals surface area contributed by atoms with Gasteiger partial charge in [0.2, 0.25) is 11.8 Å². The summed E-state index contributed by atoms with van der Waals surface area (Å²) < 4.78 is 62.8. The second-order valence-corrected chi connectivity index (χ2v) is 23.7. The number of aromatic hydroxyl groups is 1. The number of nitrogens with one attached hydrogen (secondary N) is 2. The van der Waals surface area contributed by atoms with Crippen LogP contribution in [0.3, 0.4) is 0 Å². The van der Waals surface area contributed by atoms with Crippen LogP contribution in [0.15, 0.2) is 77.6 Å². The lowest BCUT2D eigenvalue weighted by molar-refractivity contribution is -0.141. The number of halogens is 3. The van der Waals surface area contributed by atoms with Gasteiger partial charge in [-0.3, -0.25) is 29.1 Å². The van der Waals surface area contributed by atoms with E-state index in [0.717, 1.165) is 29.7 Å². The number of carbonyl (C=O) groups is 2. The van der Waals surface area contributed by atoms with E-state index in [-0.39, 0.29) is 101 Å². The molecule has 0 saturated carbocycles. The van der Waals surface area contributed by atoms with E-state index in [0.29, 0.717) is 99.9 Å². The van der Waals surface area contributed by atoms with Crippen LogP contribution < -0.4 is 25.2 Å². The van der Waals surface area contributed by atoms with Gasteiger partial charge in [0, 0.05) is 127 Å². The highest BCUT2D eigenvalue weighted by Gasteiger charge is 2.44. The molecule has 5 saturated heterocycles. The fourth-order valence-corrected chi connectivity index (χ4v) is 13.2. The number of piperidine rings is 1. The van der Waals surface area contributed by atoms with Gasteiger partial charge in [0.25, 0.3) is 0 Å². The van der Waals surface area contributed by atoms with Gasteiger partial charge in [-0.05, 0) is 79.3 Å². The molecule has 19 nitrogen and oxygen atoms in total. The number of phenols is 1. The molecule has 0 spiro atoms. The van der Waals surface area contributed by atoms with Crippen molar-refractivity contribution in [3.05, 3.63) is 102 Å². The fourth-order valence-electron chi connectivity index (χ4n) is 13.2. The highest BCUT2D eigenvalue weighted by molar-refractivity contribution is 6.03. The topological polar surface area (TPSA) is 207 Å². The van der Waals surface area contributed by atoms with E-state index in [1.807, 2.05) is 58.2 Å². The smallest absolute Gasteiger partial charge is 0.319 e. The van der Waals surface area contributed by atoms with Crippen LogP contribution in [-0.4, -0.2) is 175 Å². The number of nitrogens with zero attached hydrogens (tertiary/aromatic N) is 11. The van der Waals surface area contributed by atoms with Gasteiger partial charge >= 0.3 is 6.01 Å². The molecule has 2 bridgehead atoms. The summed E-state index contributed by atoms with van der Waals surface area (Å²) in [7, 11) is 1.88. The van der Waals surface area contributed by atoms with Gasteiger partial charge < -0.3 is 44.8 Å². The molecule has 22 heteroatoms. The van der Waals surface area contributed by atoms with Crippen molar-refractivity contribution in [1.82, 2.24) is 55.2 Å². The van der Waals surface area contributed by atoms with Crippen LogP contribution in [0.25, 0.3) is 44.2 Å². The van der Waals surface area contributed by atoms with Gasteiger partial charge in [-0.1, -0.05) is 55.3 Å². The number of fused-ring (bicyclic) bond motifs is 4. The van der Waals surface area contributed by atoms with Gasteiger partial charge in [-0.2, -0.15) is 15.1 Å². The maximum atomic E-state index is 17.1. The third kappa shape index (κ3) is 11.3. The van der Waals surface area contributed by atoms with Gasteiger partial charge in [-0.25, -0.2) is 13.2 Å². The number of aliphatic hydroxyl groups excluding tert-OH is 1. The fraction of sp³-hybridized carbons (Fsp3) is 0.468. The maximum Gasteiger partial charge on any atom is 0.319 e. The first-order valence-electron chi connectivity index (χ1n) is 29.1. The summed E-state index contributed by atoms with van der Waals surface area (Å²) in [5.74, 6) is 0.602. The first-order chi connectivity index (χ1) is 40.5. The molecule has 6 atom stereocenters. The number of alkyl halides is 1. The lowest BCUT2D eigenvalue weighted by atomic mass is 9.91. The third-order valence-corrected chi connectivity index (χ3v) is 17.7. The quantitative estimate of drug-likeness (QED) is 0.0741. The molecule has 12 rings (SSSR count). The van der Waals surface area contributed by atoms with E-state index >= 15 is 13.2 Å². The van der Waals surface area contributed by atoms with Crippen molar-refractivity contribution in [2.24, 2.45) is 13.0 Å². The molecule has 0 radical (unpaired) electrons. The number of likely N-dealkylation sites (tertiary alicyclic amines) is 2. The van der Waals surface area contributed by atoms with E-state index < -0.39 is 35.4 Å². The first kappa shape index (κ1) is 56.6. The number of amides is 2. The molecule has 4 N–H and O–H groups in total. The van der Waals surface area contributed by atoms with E-state index in [4.69, 9.17) is 20.7 Å². The highest BCUT2D eigenvalue weighted by Crippen LogP contribution is 2.40. The molecule has 0 aliphatic carbocycles. The average Bonchev–Trinajstić information content (AvgIpc) is 2.21. The van der Waals surface area contributed by atoms with Crippen LogP contribution in [0.4, 0.5) is 24.8 Å². The summed E-state index contributed by atoms with van der Waals surface area (Å²) >= 11 is 0. The summed E-state index contributed by atoms with van der Waals surface area (Å²) in [5, 5.41) is 37.9. The Morgan fingerprint density at radius 2 is 1.69 bits per heavy atom. The number of pyridine rings is 1. The molecule has 440 valence electrons. The molecule has 84 heavy (non-hydrogen) atoms. The lowest BCUT2D eigenvalue weighted by Gasteiger charge is -2.41. The predicted molar refractivity (Wildman–Crippen MR) is 311 cm³/mol.